The normalized spacial score (nSPS) is 27.1. The van der Waals surface area contributed by atoms with Crippen LogP contribution in [0.5, 0.6) is 5.75 Å². The lowest BCUT2D eigenvalue weighted by molar-refractivity contribution is -0.151. The number of carbonyl (C=O) groups is 2. The summed E-state index contributed by atoms with van der Waals surface area (Å²) in [5.41, 5.74) is -0.623. The second kappa shape index (κ2) is 5.57. The Hall–Kier alpha value is -2.87. The predicted octanol–water partition coefficient (Wildman–Crippen LogP) is 1.24. The van der Waals surface area contributed by atoms with Gasteiger partial charge in [0.25, 0.3) is 0 Å². The summed E-state index contributed by atoms with van der Waals surface area (Å²) in [4.78, 5) is 25.1. The van der Waals surface area contributed by atoms with E-state index in [2.05, 4.69) is 5.10 Å². The molecule has 4 rings (SSSR count). The topological polar surface area (TPSA) is 105 Å². The van der Waals surface area contributed by atoms with E-state index in [0.29, 0.717) is 12.3 Å². The van der Waals surface area contributed by atoms with Crippen LogP contribution >= 0.6 is 0 Å². The van der Waals surface area contributed by atoms with E-state index in [0.717, 1.165) is 11.3 Å². The van der Waals surface area contributed by atoms with E-state index < -0.39 is 22.8 Å². The summed E-state index contributed by atoms with van der Waals surface area (Å²) in [6.45, 7) is 0.947. The van der Waals surface area contributed by atoms with E-state index in [4.69, 9.17) is 4.74 Å². The summed E-state index contributed by atoms with van der Waals surface area (Å²) in [6, 6.07) is 7.50. The monoisotopic (exact) mass is 357 g/mol. The standard InChI is InChI=1S/C18H19N3O5/c1-26-14-5-3-2-4-13(14)21-8-12(6-19-21)7-20-10-17(15(22)23)9-18(17,11-20)16(24)25/h2-6,8H,7,9-11H2,1H3,(H,22,23)(H,24,25)/t17-,18+. The Balaban J connectivity index is 1.53. The number of rotatable bonds is 6. The number of methoxy groups -OCH3 is 1. The zero-order valence-corrected chi connectivity index (χ0v) is 14.3. The number of aliphatic carboxylic acids is 2. The number of ether oxygens (including phenoxy) is 1. The Labute approximate surface area is 149 Å². The van der Waals surface area contributed by atoms with Crippen LogP contribution in [0, 0.1) is 10.8 Å². The molecule has 2 N–H and O–H groups in total. The number of nitrogens with zero attached hydrogens (tertiary/aromatic N) is 3. The first kappa shape index (κ1) is 16.6. The second-order valence-electron chi connectivity index (χ2n) is 7.06. The van der Waals surface area contributed by atoms with Gasteiger partial charge in [0, 0.05) is 31.4 Å². The van der Waals surface area contributed by atoms with Gasteiger partial charge in [0.1, 0.15) is 11.4 Å². The molecule has 1 aromatic heterocycles. The van der Waals surface area contributed by atoms with Crippen molar-refractivity contribution in [1.82, 2.24) is 14.7 Å². The third-order valence-corrected chi connectivity index (χ3v) is 5.57. The van der Waals surface area contributed by atoms with Gasteiger partial charge in [0.2, 0.25) is 0 Å². The number of para-hydroxylation sites is 2. The van der Waals surface area contributed by atoms with E-state index in [1.165, 1.54) is 0 Å². The summed E-state index contributed by atoms with van der Waals surface area (Å²) in [5.74, 6) is -1.35. The number of carboxylic acid groups (broad SMARTS) is 2. The molecule has 1 aliphatic heterocycles. The molecule has 136 valence electrons. The van der Waals surface area contributed by atoms with Gasteiger partial charge in [-0.2, -0.15) is 5.10 Å². The van der Waals surface area contributed by atoms with Crippen molar-refractivity contribution in [3.05, 3.63) is 42.2 Å². The highest BCUT2D eigenvalue weighted by Crippen LogP contribution is 2.68. The number of fused-ring (bicyclic) bond motifs is 1. The number of piperidine rings is 1. The highest BCUT2D eigenvalue weighted by Gasteiger charge is 2.80. The summed E-state index contributed by atoms with van der Waals surface area (Å²) in [5, 5.41) is 23.4. The van der Waals surface area contributed by atoms with Crippen LogP contribution in [0.25, 0.3) is 5.69 Å². The predicted molar refractivity (Wildman–Crippen MR) is 90.1 cm³/mol. The number of benzene rings is 1. The van der Waals surface area contributed by atoms with Crippen LogP contribution < -0.4 is 4.74 Å². The molecular formula is C18H19N3O5. The third kappa shape index (κ3) is 2.22. The van der Waals surface area contributed by atoms with Crippen molar-refractivity contribution < 1.29 is 24.5 Å². The van der Waals surface area contributed by atoms with Crippen LogP contribution in [0.2, 0.25) is 0 Å². The molecule has 2 aromatic rings. The Kier molecular flexibility index (Phi) is 3.55. The van der Waals surface area contributed by atoms with Crippen molar-refractivity contribution in [3.8, 4) is 11.4 Å². The summed E-state index contributed by atoms with van der Waals surface area (Å²) >= 11 is 0. The van der Waals surface area contributed by atoms with Crippen LogP contribution in [0.15, 0.2) is 36.7 Å². The lowest BCUT2D eigenvalue weighted by Crippen LogP contribution is -2.28. The summed E-state index contributed by atoms with van der Waals surface area (Å²) < 4.78 is 7.04. The number of aromatic nitrogens is 2. The van der Waals surface area contributed by atoms with Gasteiger partial charge in [-0.05, 0) is 18.6 Å². The van der Waals surface area contributed by atoms with Crippen LogP contribution in [-0.2, 0) is 16.1 Å². The van der Waals surface area contributed by atoms with Crippen molar-refractivity contribution in [2.75, 3.05) is 20.2 Å². The number of likely N-dealkylation sites (tertiary alicyclic amines) is 1. The lowest BCUT2D eigenvalue weighted by Gasteiger charge is -2.18. The molecule has 8 nitrogen and oxygen atoms in total. The molecule has 1 saturated carbocycles. The minimum absolute atomic E-state index is 0.210. The number of carboxylic acids is 2. The van der Waals surface area contributed by atoms with Gasteiger partial charge in [0.15, 0.2) is 0 Å². The molecule has 0 spiro atoms. The van der Waals surface area contributed by atoms with Crippen LogP contribution in [0.3, 0.4) is 0 Å². The minimum Gasteiger partial charge on any atom is -0.494 e. The molecular weight excluding hydrogens is 338 g/mol. The highest BCUT2D eigenvalue weighted by molar-refractivity contribution is 5.94. The molecule has 2 fully saturated rings. The molecule has 2 heterocycles. The van der Waals surface area contributed by atoms with Crippen LogP contribution in [-0.4, -0.2) is 57.0 Å². The van der Waals surface area contributed by atoms with Crippen molar-refractivity contribution in [3.63, 3.8) is 0 Å². The maximum atomic E-state index is 11.6. The average Bonchev–Trinajstić information content (AvgIpc) is 2.93. The second-order valence-corrected chi connectivity index (χ2v) is 7.06. The van der Waals surface area contributed by atoms with Crippen molar-refractivity contribution in [1.29, 1.82) is 0 Å². The van der Waals surface area contributed by atoms with Crippen molar-refractivity contribution in [2.24, 2.45) is 10.8 Å². The lowest BCUT2D eigenvalue weighted by atomic mass is 9.97. The van der Waals surface area contributed by atoms with Crippen molar-refractivity contribution in [2.45, 2.75) is 13.0 Å². The van der Waals surface area contributed by atoms with Crippen LogP contribution in [0.1, 0.15) is 12.0 Å². The van der Waals surface area contributed by atoms with E-state index >= 15 is 0 Å². The van der Waals surface area contributed by atoms with Crippen LogP contribution in [0.4, 0.5) is 0 Å². The molecule has 0 amide bonds. The third-order valence-electron chi connectivity index (χ3n) is 5.57. The van der Waals surface area contributed by atoms with Gasteiger partial charge in [-0.15, -0.1) is 0 Å². The molecule has 1 aliphatic carbocycles. The van der Waals surface area contributed by atoms with Gasteiger partial charge in [0.05, 0.1) is 24.1 Å². The van der Waals surface area contributed by atoms with E-state index in [-0.39, 0.29) is 19.5 Å². The first-order valence-electron chi connectivity index (χ1n) is 8.28. The summed E-state index contributed by atoms with van der Waals surface area (Å²) in [6.07, 6.45) is 3.77. The number of hydrogen-bond donors (Lipinski definition) is 2. The van der Waals surface area contributed by atoms with Crippen molar-refractivity contribution >= 4 is 11.9 Å². The minimum atomic E-state index is -1.16. The van der Waals surface area contributed by atoms with E-state index in [1.807, 2.05) is 35.4 Å². The zero-order chi connectivity index (χ0) is 18.5. The Bertz CT molecular complexity index is 866. The largest absolute Gasteiger partial charge is 0.494 e. The first-order chi connectivity index (χ1) is 12.4. The summed E-state index contributed by atoms with van der Waals surface area (Å²) in [7, 11) is 1.59. The van der Waals surface area contributed by atoms with Gasteiger partial charge in [-0.3, -0.25) is 14.5 Å². The van der Waals surface area contributed by atoms with Gasteiger partial charge < -0.3 is 14.9 Å². The molecule has 8 heteroatoms. The smallest absolute Gasteiger partial charge is 0.312 e. The van der Waals surface area contributed by atoms with Gasteiger partial charge >= 0.3 is 11.9 Å². The zero-order valence-electron chi connectivity index (χ0n) is 14.3. The Morgan fingerprint density at radius 2 is 1.85 bits per heavy atom. The fourth-order valence-electron chi connectivity index (χ4n) is 4.16. The molecule has 0 bridgehead atoms. The van der Waals surface area contributed by atoms with Gasteiger partial charge in [-0.1, -0.05) is 12.1 Å². The maximum absolute atomic E-state index is 11.6. The van der Waals surface area contributed by atoms with E-state index in [9.17, 15) is 19.8 Å². The molecule has 26 heavy (non-hydrogen) atoms. The van der Waals surface area contributed by atoms with E-state index in [1.54, 1.807) is 18.0 Å². The SMILES string of the molecule is COc1ccccc1-n1cc(CN2C[C@@]3(C(=O)O)C[C@@]3(C(=O)O)C2)cn1. The van der Waals surface area contributed by atoms with Gasteiger partial charge in [-0.25, -0.2) is 4.68 Å². The Morgan fingerprint density at radius 1 is 1.19 bits per heavy atom. The average molecular weight is 357 g/mol. The fraction of sp³-hybridized carbons (Fsp3) is 0.389. The fourth-order valence-corrected chi connectivity index (χ4v) is 4.16. The molecule has 2 atom stereocenters. The molecule has 2 aliphatic rings. The first-order valence-corrected chi connectivity index (χ1v) is 8.28. The Morgan fingerprint density at radius 3 is 2.46 bits per heavy atom. The quantitative estimate of drug-likeness (QED) is 0.801. The molecule has 1 saturated heterocycles. The molecule has 0 radical (unpaired) electrons. The highest BCUT2D eigenvalue weighted by atomic mass is 16.5. The molecule has 1 aromatic carbocycles. The number of hydrogen-bond acceptors (Lipinski definition) is 5. The maximum Gasteiger partial charge on any atom is 0.312 e. The molecule has 0 unspecified atom stereocenters.